The van der Waals surface area contributed by atoms with Gasteiger partial charge in [0.1, 0.15) is 5.82 Å². The van der Waals surface area contributed by atoms with Crippen molar-refractivity contribution in [3.63, 3.8) is 0 Å². The zero-order valence-corrected chi connectivity index (χ0v) is 10.7. The molecule has 20 heavy (non-hydrogen) atoms. The van der Waals surface area contributed by atoms with Crippen LogP contribution in [-0.2, 0) is 6.54 Å². The summed E-state index contributed by atoms with van der Waals surface area (Å²) in [7, 11) is 1.75. The lowest BCUT2D eigenvalue weighted by Crippen LogP contribution is -2.07. The van der Waals surface area contributed by atoms with Gasteiger partial charge in [0.2, 0.25) is 11.6 Å². The van der Waals surface area contributed by atoms with Gasteiger partial charge >= 0.3 is 5.69 Å². The minimum Gasteiger partial charge on any atom is -0.431 e. The summed E-state index contributed by atoms with van der Waals surface area (Å²) in [6, 6.07) is 6.53. The highest BCUT2D eigenvalue weighted by atomic mass is 19.1. The monoisotopic (exact) mass is 277 g/mol. The second kappa shape index (κ2) is 6.07. The molecule has 0 fully saturated rings. The highest BCUT2D eigenvalue weighted by molar-refractivity contribution is 5.48. The van der Waals surface area contributed by atoms with E-state index in [-0.39, 0.29) is 17.3 Å². The van der Waals surface area contributed by atoms with E-state index in [1.54, 1.807) is 19.2 Å². The molecule has 0 bridgehead atoms. The predicted molar refractivity (Wildman–Crippen MR) is 70.1 cm³/mol. The molecular formula is C13H12FN3O3. The number of nitro benzene ring substituents is 1. The average molecular weight is 277 g/mol. The molecule has 0 saturated heterocycles. The van der Waals surface area contributed by atoms with E-state index in [9.17, 15) is 14.5 Å². The van der Waals surface area contributed by atoms with Gasteiger partial charge < -0.3 is 10.1 Å². The highest BCUT2D eigenvalue weighted by Crippen LogP contribution is 2.32. The van der Waals surface area contributed by atoms with Crippen molar-refractivity contribution in [3.8, 4) is 11.6 Å². The molecule has 104 valence electrons. The summed E-state index contributed by atoms with van der Waals surface area (Å²) >= 11 is 0. The zero-order chi connectivity index (χ0) is 14.5. The molecule has 0 aliphatic carbocycles. The smallest absolute Gasteiger partial charge is 0.311 e. The maximum Gasteiger partial charge on any atom is 0.311 e. The highest BCUT2D eigenvalue weighted by Gasteiger charge is 2.18. The lowest BCUT2D eigenvalue weighted by atomic mass is 10.2. The first kappa shape index (κ1) is 13.9. The molecule has 0 unspecified atom stereocenters. The third kappa shape index (κ3) is 3.07. The van der Waals surface area contributed by atoms with E-state index in [2.05, 4.69) is 10.3 Å². The third-order valence-corrected chi connectivity index (χ3v) is 2.54. The van der Waals surface area contributed by atoms with Crippen LogP contribution in [0.3, 0.4) is 0 Å². The van der Waals surface area contributed by atoms with Gasteiger partial charge in [-0.05, 0) is 19.2 Å². The Balaban J connectivity index is 2.39. The molecule has 0 amide bonds. The summed E-state index contributed by atoms with van der Waals surface area (Å²) in [5, 5.41) is 13.8. The number of aromatic nitrogens is 1. The first-order chi connectivity index (χ1) is 9.61. The fourth-order valence-electron chi connectivity index (χ4n) is 1.67. The molecule has 2 aromatic rings. The number of benzene rings is 1. The quantitative estimate of drug-likeness (QED) is 0.671. The van der Waals surface area contributed by atoms with Crippen molar-refractivity contribution in [3.05, 3.63) is 58.0 Å². The van der Waals surface area contributed by atoms with Crippen LogP contribution in [0.25, 0.3) is 0 Å². The molecule has 1 N–H and O–H groups in total. The molecular weight excluding hydrogens is 265 g/mol. The number of hydrogen-bond acceptors (Lipinski definition) is 5. The normalized spacial score (nSPS) is 10.3. The minimum atomic E-state index is -0.630. The van der Waals surface area contributed by atoms with Crippen LogP contribution in [0.15, 0.2) is 36.5 Å². The van der Waals surface area contributed by atoms with Crippen LogP contribution >= 0.6 is 0 Å². The summed E-state index contributed by atoms with van der Waals surface area (Å²) in [5.74, 6) is -0.585. The van der Waals surface area contributed by atoms with Gasteiger partial charge in [0.05, 0.1) is 4.92 Å². The number of nitrogens with zero attached hydrogens (tertiary/aromatic N) is 2. The van der Waals surface area contributed by atoms with Gasteiger partial charge in [0.25, 0.3) is 0 Å². The van der Waals surface area contributed by atoms with E-state index < -0.39 is 10.7 Å². The van der Waals surface area contributed by atoms with Crippen LogP contribution in [0.4, 0.5) is 10.1 Å². The number of rotatable bonds is 5. The molecule has 1 aromatic heterocycles. The Kier molecular flexibility index (Phi) is 4.21. The number of nitrogens with one attached hydrogen (secondary N) is 1. The number of nitro groups is 1. The van der Waals surface area contributed by atoms with Gasteiger partial charge in [-0.1, -0.05) is 6.07 Å². The molecule has 0 atom stereocenters. The number of hydrogen-bond donors (Lipinski definition) is 1. The van der Waals surface area contributed by atoms with Crippen molar-refractivity contribution in [2.45, 2.75) is 6.54 Å². The first-order valence-corrected chi connectivity index (χ1v) is 5.82. The van der Waals surface area contributed by atoms with Gasteiger partial charge in [-0.2, -0.15) is 0 Å². The first-order valence-electron chi connectivity index (χ1n) is 5.82. The van der Waals surface area contributed by atoms with E-state index in [1.165, 1.54) is 6.20 Å². The Bertz CT molecular complexity index is 634. The van der Waals surface area contributed by atoms with Crippen molar-refractivity contribution in [1.82, 2.24) is 10.3 Å². The van der Waals surface area contributed by atoms with Crippen LogP contribution in [0.1, 0.15) is 5.56 Å². The lowest BCUT2D eigenvalue weighted by Gasteiger charge is -2.09. The molecule has 0 radical (unpaired) electrons. The predicted octanol–water partition coefficient (Wildman–Crippen LogP) is 2.64. The number of pyridine rings is 1. The van der Waals surface area contributed by atoms with Crippen LogP contribution in [0.2, 0.25) is 0 Å². The maximum atomic E-state index is 13.2. The molecule has 0 spiro atoms. The van der Waals surface area contributed by atoms with Crippen LogP contribution in [-0.4, -0.2) is 17.0 Å². The Morgan fingerprint density at radius 1 is 1.45 bits per heavy atom. The summed E-state index contributed by atoms with van der Waals surface area (Å²) in [6.45, 7) is 0.478. The van der Waals surface area contributed by atoms with Gasteiger partial charge in [-0.25, -0.2) is 9.37 Å². The molecule has 6 nitrogen and oxygen atoms in total. The lowest BCUT2D eigenvalue weighted by molar-refractivity contribution is -0.385. The van der Waals surface area contributed by atoms with Gasteiger partial charge in [0.15, 0.2) is 0 Å². The average Bonchev–Trinajstić information content (AvgIpc) is 2.41. The van der Waals surface area contributed by atoms with Crippen LogP contribution in [0.5, 0.6) is 11.6 Å². The standard InChI is InChI=1S/C13H12FN3O3/c1-15-8-9-3-2-6-16-13(9)20-12-7-10(14)4-5-11(12)17(18)19/h2-7,15H,8H2,1H3. The number of halogens is 1. The Morgan fingerprint density at radius 2 is 2.25 bits per heavy atom. The molecule has 0 saturated carbocycles. The topological polar surface area (TPSA) is 77.3 Å². The summed E-state index contributed by atoms with van der Waals surface area (Å²) < 4.78 is 18.6. The van der Waals surface area contributed by atoms with E-state index >= 15 is 0 Å². The maximum absolute atomic E-state index is 13.2. The van der Waals surface area contributed by atoms with Crippen molar-refractivity contribution < 1.29 is 14.1 Å². The van der Waals surface area contributed by atoms with E-state index in [1.807, 2.05) is 0 Å². The minimum absolute atomic E-state index is 0.175. The summed E-state index contributed by atoms with van der Waals surface area (Å²) in [5.41, 5.74) is 0.404. The molecule has 0 aliphatic heterocycles. The molecule has 7 heteroatoms. The Labute approximate surface area is 114 Å². The molecule has 2 rings (SSSR count). The van der Waals surface area contributed by atoms with E-state index in [0.717, 1.165) is 18.2 Å². The summed E-state index contributed by atoms with van der Waals surface area (Å²) in [4.78, 5) is 14.3. The van der Waals surface area contributed by atoms with Gasteiger partial charge in [0, 0.05) is 30.4 Å². The fraction of sp³-hybridized carbons (Fsp3) is 0.154. The zero-order valence-electron chi connectivity index (χ0n) is 10.7. The van der Waals surface area contributed by atoms with Gasteiger partial charge in [-0.3, -0.25) is 10.1 Å². The second-order valence-corrected chi connectivity index (χ2v) is 3.97. The molecule has 0 aliphatic rings. The van der Waals surface area contributed by atoms with Crippen molar-refractivity contribution in [1.29, 1.82) is 0 Å². The summed E-state index contributed by atoms with van der Waals surface area (Å²) in [6.07, 6.45) is 1.50. The van der Waals surface area contributed by atoms with Crippen LogP contribution < -0.4 is 10.1 Å². The van der Waals surface area contributed by atoms with Gasteiger partial charge in [-0.15, -0.1) is 0 Å². The molecule has 1 heterocycles. The Hall–Kier alpha value is -2.54. The fourth-order valence-corrected chi connectivity index (χ4v) is 1.67. The second-order valence-electron chi connectivity index (χ2n) is 3.97. The Morgan fingerprint density at radius 3 is 2.95 bits per heavy atom. The third-order valence-electron chi connectivity index (χ3n) is 2.54. The van der Waals surface area contributed by atoms with Crippen LogP contribution in [0, 0.1) is 15.9 Å². The largest absolute Gasteiger partial charge is 0.431 e. The van der Waals surface area contributed by atoms with E-state index in [4.69, 9.17) is 4.74 Å². The van der Waals surface area contributed by atoms with Crippen molar-refractivity contribution >= 4 is 5.69 Å². The SMILES string of the molecule is CNCc1cccnc1Oc1cc(F)ccc1[N+](=O)[O-]. The molecule has 1 aromatic carbocycles. The van der Waals surface area contributed by atoms with Crippen molar-refractivity contribution in [2.75, 3.05) is 7.05 Å². The van der Waals surface area contributed by atoms with Crippen molar-refractivity contribution in [2.24, 2.45) is 0 Å². The number of ether oxygens (including phenoxy) is 1. The van der Waals surface area contributed by atoms with E-state index in [0.29, 0.717) is 12.1 Å².